The molecule has 1 aromatic rings. The van der Waals surface area contributed by atoms with Crippen molar-refractivity contribution in [3.8, 4) is 5.75 Å². The van der Waals surface area contributed by atoms with Crippen molar-refractivity contribution in [3.05, 3.63) is 23.8 Å². The fourth-order valence-electron chi connectivity index (χ4n) is 5.46. The third-order valence-electron chi connectivity index (χ3n) is 7.77. The number of amides is 2. The Morgan fingerprint density at radius 2 is 1.98 bits per heavy atom. The van der Waals surface area contributed by atoms with Crippen molar-refractivity contribution in [2.45, 2.75) is 49.9 Å². The molecule has 0 bridgehead atoms. The molecule has 2 aliphatic heterocycles. The fourth-order valence-corrected chi connectivity index (χ4v) is 6.64. The number of aldehydes is 1. The minimum Gasteiger partial charge on any atom is -0.495 e. The third kappa shape index (κ3) is 8.83. The Morgan fingerprint density at radius 1 is 1.22 bits per heavy atom. The lowest BCUT2D eigenvalue weighted by molar-refractivity contribution is -0.137. The van der Waals surface area contributed by atoms with Crippen LogP contribution in [0.1, 0.15) is 43.5 Å². The minimum atomic E-state index is -0.349. The number of carbonyl (C=O) groups excluding carboxylic acids is 3. The second-order valence-corrected chi connectivity index (χ2v) is 12.6. The molecule has 0 aliphatic carbocycles. The second kappa shape index (κ2) is 16.0. The van der Waals surface area contributed by atoms with Crippen LogP contribution >= 0.6 is 11.8 Å². The number of hydrogen-bond acceptors (Lipinski definition) is 9. The van der Waals surface area contributed by atoms with Crippen molar-refractivity contribution in [2.75, 3.05) is 78.2 Å². The van der Waals surface area contributed by atoms with Gasteiger partial charge in [0.2, 0.25) is 5.91 Å². The van der Waals surface area contributed by atoms with Gasteiger partial charge in [-0.2, -0.15) is 11.8 Å². The van der Waals surface area contributed by atoms with Gasteiger partial charge in [-0.05, 0) is 70.7 Å². The van der Waals surface area contributed by atoms with Crippen LogP contribution in [0.4, 0.5) is 5.69 Å². The highest BCUT2D eigenvalue weighted by Gasteiger charge is 2.40. The van der Waals surface area contributed by atoms with Crippen LogP contribution in [0.15, 0.2) is 23.2 Å². The lowest BCUT2D eigenvalue weighted by Crippen LogP contribution is -2.56. The van der Waals surface area contributed by atoms with E-state index in [-0.39, 0.29) is 28.6 Å². The number of anilines is 1. The molecule has 0 aromatic heterocycles. The number of likely N-dealkylation sites (tertiary alicyclic amines) is 1. The van der Waals surface area contributed by atoms with Gasteiger partial charge in [0.05, 0.1) is 31.8 Å². The molecular formula is C29H47N7O4S. The van der Waals surface area contributed by atoms with Crippen LogP contribution in [0.2, 0.25) is 0 Å². The van der Waals surface area contributed by atoms with Gasteiger partial charge in [-0.1, -0.05) is 0 Å². The minimum absolute atomic E-state index is 0.0145. The number of hydrogen-bond donors (Lipinski definition) is 3. The molecule has 3 N–H and O–H groups in total. The molecule has 1 aromatic carbocycles. The quantitative estimate of drug-likeness (QED) is 0.0925. The van der Waals surface area contributed by atoms with E-state index in [2.05, 4.69) is 39.7 Å². The average molecular weight is 590 g/mol. The molecule has 228 valence electrons. The number of carbonyl (C=O) groups is 3. The number of benzene rings is 1. The normalized spacial score (nSPS) is 18.9. The van der Waals surface area contributed by atoms with Gasteiger partial charge in [-0.25, -0.2) is 0 Å². The molecule has 11 nitrogen and oxygen atoms in total. The van der Waals surface area contributed by atoms with Crippen LogP contribution in [0.25, 0.3) is 0 Å². The molecule has 3 rings (SSSR count). The van der Waals surface area contributed by atoms with Crippen LogP contribution in [0, 0.1) is 0 Å². The number of thioether (sulfide) groups is 1. The summed E-state index contributed by atoms with van der Waals surface area (Å²) in [7, 11) is 5.11. The predicted octanol–water partition coefficient (Wildman–Crippen LogP) is 1.75. The maximum Gasteiger partial charge on any atom is 0.254 e. The summed E-state index contributed by atoms with van der Waals surface area (Å²) >= 11 is 1.79. The third-order valence-corrected chi connectivity index (χ3v) is 9.24. The summed E-state index contributed by atoms with van der Waals surface area (Å²) in [5.41, 5.74) is 1.42. The van der Waals surface area contributed by atoms with Crippen molar-refractivity contribution in [1.82, 2.24) is 25.3 Å². The molecule has 2 unspecified atom stereocenters. The van der Waals surface area contributed by atoms with E-state index < -0.39 is 0 Å². The van der Waals surface area contributed by atoms with E-state index in [4.69, 9.17) is 4.74 Å². The van der Waals surface area contributed by atoms with Gasteiger partial charge in [0, 0.05) is 50.1 Å². The van der Waals surface area contributed by atoms with Gasteiger partial charge >= 0.3 is 0 Å². The molecule has 2 aliphatic rings. The largest absolute Gasteiger partial charge is 0.495 e. The van der Waals surface area contributed by atoms with Crippen molar-refractivity contribution in [1.29, 1.82) is 0 Å². The van der Waals surface area contributed by atoms with Crippen molar-refractivity contribution >= 4 is 41.9 Å². The van der Waals surface area contributed by atoms with E-state index in [1.807, 2.05) is 24.1 Å². The SMILES string of the molecule is CN=CNCNc1ccc(C(=O)N2CCN(CCCSC(C)(C)C(NC)C(=O)N3CCCC3C=O)CC2)cc1OC. The first-order chi connectivity index (χ1) is 19.7. The molecule has 0 saturated carbocycles. The van der Waals surface area contributed by atoms with E-state index in [9.17, 15) is 14.4 Å². The summed E-state index contributed by atoms with van der Waals surface area (Å²) in [6, 6.07) is 4.84. The molecule has 2 amide bonds. The standard InChI is InChI=1S/C29H47N7O4S/c1-29(2,26(31-4)28(39)36-12-6-8-23(36)19-37)41-17-7-11-34-13-15-35(16-14-34)27(38)22-9-10-24(25(18-22)40-5)33-21-32-20-30-3/h9-10,18-20,23,26,31,33H,6-8,11-17,21H2,1-5H3,(H,30,32). The van der Waals surface area contributed by atoms with Crippen LogP contribution in [0.3, 0.4) is 0 Å². The van der Waals surface area contributed by atoms with E-state index in [0.29, 0.717) is 37.6 Å². The number of ether oxygens (including phenoxy) is 1. The van der Waals surface area contributed by atoms with Crippen LogP contribution in [-0.4, -0.2) is 129 Å². The number of nitrogens with one attached hydrogen (secondary N) is 3. The summed E-state index contributed by atoms with van der Waals surface area (Å²) in [6.07, 6.45) is 5.14. The van der Waals surface area contributed by atoms with Gasteiger partial charge < -0.3 is 35.3 Å². The highest BCUT2D eigenvalue weighted by Crippen LogP contribution is 2.31. The van der Waals surface area contributed by atoms with E-state index in [0.717, 1.165) is 56.6 Å². The molecule has 2 fully saturated rings. The molecule has 2 saturated heterocycles. The lowest BCUT2D eigenvalue weighted by Gasteiger charge is -2.37. The zero-order valence-corrected chi connectivity index (χ0v) is 26.0. The van der Waals surface area contributed by atoms with Crippen LogP contribution in [0.5, 0.6) is 5.75 Å². The Kier molecular flexibility index (Phi) is 12.7. The first-order valence-electron chi connectivity index (χ1n) is 14.4. The summed E-state index contributed by atoms with van der Waals surface area (Å²) < 4.78 is 5.20. The highest BCUT2D eigenvalue weighted by atomic mass is 32.2. The predicted molar refractivity (Wildman–Crippen MR) is 166 cm³/mol. The van der Waals surface area contributed by atoms with Crippen LogP contribution in [-0.2, 0) is 9.59 Å². The Bertz CT molecular complexity index is 1050. The monoisotopic (exact) mass is 589 g/mol. The molecule has 0 spiro atoms. The zero-order valence-electron chi connectivity index (χ0n) is 25.1. The smallest absolute Gasteiger partial charge is 0.254 e. The number of likely N-dealkylation sites (N-methyl/N-ethyl adjacent to an activating group) is 1. The first-order valence-corrected chi connectivity index (χ1v) is 15.4. The summed E-state index contributed by atoms with van der Waals surface area (Å²) in [5, 5.41) is 9.44. The van der Waals surface area contributed by atoms with Gasteiger partial charge in [-0.15, -0.1) is 0 Å². The molecule has 0 radical (unpaired) electrons. The van der Waals surface area contributed by atoms with Crippen molar-refractivity contribution in [2.24, 2.45) is 4.99 Å². The van der Waals surface area contributed by atoms with E-state index in [1.54, 1.807) is 43.2 Å². The van der Waals surface area contributed by atoms with Gasteiger partial charge in [-0.3, -0.25) is 19.5 Å². The number of piperazine rings is 1. The fraction of sp³-hybridized carbons (Fsp3) is 0.655. The van der Waals surface area contributed by atoms with Gasteiger partial charge in [0.25, 0.3) is 5.91 Å². The lowest BCUT2D eigenvalue weighted by atomic mass is 10.0. The molecule has 2 heterocycles. The number of methoxy groups -OCH3 is 1. The number of rotatable bonds is 15. The zero-order chi connectivity index (χ0) is 29.8. The van der Waals surface area contributed by atoms with Gasteiger partial charge in [0.1, 0.15) is 18.1 Å². The Labute approximate surface area is 248 Å². The molecule has 2 atom stereocenters. The highest BCUT2D eigenvalue weighted by molar-refractivity contribution is 8.00. The van der Waals surface area contributed by atoms with Crippen molar-refractivity contribution < 1.29 is 19.1 Å². The molecular weight excluding hydrogens is 542 g/mol. The number of aliphatic imine (C=N–C) groups is 1. The molecule has 41 heavy (non-hydrogen) atoms. The Morgan fingerprint density at radius 3 is 2.63 bits per heavy atom. The summed E-state index contributed by atoms with van der Waals surface area (Å²) in [6.45, 7) is 9.33. The van der Waals surface area contributed by atoms with Gasteiger partial charge in [0.15, 0.2) is 0 Å². The maximum atomic E-state index is 13.2. The molecule has 12 heteroatoms. The maximum absolute atomic E-state index is 13.2. The van der Waals surface area contributed by atoms with E-state index >= 15 is 0 Å². The van der Waals surface area contributed by atoms with Crippen LogP contribution < -0.4 is 20.7 Å². The van der Waals surface area contributed by atoms with Crippen molar-refractivity contribution in [3.63, 3.8) is 0 Å². The van der Waals surface area contributed by atoms with E-state index in [1.165, 1.54) is 0 Å². The Balaban J connectivity index is 1.42. The second-order valence-electron chi connectivity index (χ2n) is 10.9. The number of nitrogens with zero attached hydrogens (tertiary/aromatic N) is 4. The Hall–Kier alpha value is -2.83. The topological polar surface area (TPSA) is 119 Å². The summed E-state index contributed by atoms with van der Waals surface area (Å²) in [5.74, 6) is 1.58. The first kappa shape index (κ1) is 32.7. The summed E-state index contributed by atoms with van der Waals surface area (Å²) in [4.78, 5) is 47.7. The average Bonchev–Trinajstić information content (AvgIpc) is 3.47.